The number of carboxylic acid groups (broad SMARTS) is 1. The maximum atomic E-state index is 13.3. The molecule has 0 bridgehead atoms. The van der Waals surface area contributed by atoms with Crippen molar-refractivity contribution in [3.63, 3.8) is 0 Å². The minimum atomic E-state index is -0.981. The van der Waals surface area contributed by atoms with Crippen LogP contribution in [0.25, 0.3) is 11.1 Å². The van der Waals surface area contributed by atoms with Gasteiger partial charge in [-0.3, -0.25) is 4.79 Å². The van der Waals surface area contributed by atoms with Gasteiger partial charge in [0.2, 0.25) is 0 Å². The average Bonchev–Trinajstić information content (AvgIpc) is 3.25. The minimum absolute atomic E-state index is 0.0470. The third-order valence-corrected chi connectivity index (χ3v) is 8.64. The Kier molecular flexibility index (Phi) is 6.18. The zero-order chi connectivity index (χ0) is 26.4. The molecule has 2 aliphatic rings. The van der Waals surface area contributed by atoms with Gasteiger partial charge in [0.05, 0.1) is 17.8 Å². The van der Waals surface area contributed by atoms with Crippen LogP contribution in [0, 0.1) is 0 Å². The van der Waals surface area contributed by atoms with E-state index in [1.807, 2.05) is 72.6 Å². The van der Waals surface area contributed by atoms with Crippen LogP contribution in [0.1, 0.15) is 34.2 Å². The van der Waals surface area contributed by atoms with Crippen LogP contribution in [0.15, 0.2) is 94.7 Å². The predicted molar refractivity (Wildman–Crippen MR) is 148 cm³/mol. The van der Waals surface area contributed by atoms with Gasteiger partial charge in [-0.15, -0.1) is 0 Å². The molecular formula is C31H26N2O4S. The van der Waals surface area contributed by atoms with Gasteiger partial charge in [0.15, 0.2) is 0 Å². The molecule has 0 aromatic heterocycles. The first kappa shape index (κ1) is 24.3. The number of aliphatic carboxylic acids is 1. The van der Waals surface area contributed by atoms with Crippen molar-refractivity contribution in [2.75, 3.05) is 18.6 Å². The van der Waals surface area contributed by atoms with Crippen molar-refractivity contribution >= 4 is 35.1 Å². The fourth-order valence-corrected chi connectivity index (χ4v) is 6.88. The first-order chi connectivity index (χ1) is 18.4. The van der Waals surface area contributed by atoms with Crippen molar-refractivity contribution in [2.24, 2.45) is 5.73 Å². The van der Waals surface area contributed by atoms with Crippen molar-refractivity contribution < 1.29 is 19.4 Å². The Morgan fingerprint density at radius 3 is 2.16 bits per heavy atom. The fraction of sp³-hybridized carbons (Fsp3) is 0.161. The van der Waals surface area contributed by atoms with E-state index in [2.05, 4.69) is 24.3 Å². The SMILES string of the molecule is CN1c2cccc(CC(=O)O)c2Sc2c(C(N)C(=O)OCC3c4ccccc4-c4ccccc43)cccc21. The van der Waals surface area contributed by atoms with Gasteiger partial charge < -0.3 is 20.5 Å². The van der Waals surface area contributed by atoms with E-state index in [1.54, 1.807) is 0 Å². The molecule has 0 saturated heterocycles. The van der Waals surface area contributed by atoms with Crippen molar-refractivity contribution in [3.05, 3.63) is 107 Å². The second kappa shape index (κ2) is 9.67. The zero-order valence-electron chi connectivity index (χ0n) is 20.8. The van der Waals surface area contributed by atoms with Gasteiger partial charge in [0.1, 0.15) is 12.6 Å². The summed E-state index contributed by atoms with van der Waals surface area (Å²) in [6.07, 6.45) is -0.0834. The lowest BCUT2D eigenvalue weighted by atomic mass is 9.98. The number of benzene rings is 4. The Morgan fingerprint density at radius 2 is 1.50 bits per heavy atom. The second-order valence-electron chi connectivity index (χ2n) is 9.53. The third-order valence-electron chi connectivity index (χ3n) is 7.31. The molecule has 0 radical (unpaired) electrons. The van der Waals surface area contributed by atoms with Crippen molar-refractivity contribution in [1.82, 2.24) is 0 Å². The smallest absolute Gasteiger partial charge is 0.327 e. The number of carbonyl (C=O) groups excluding carboxylic acids is 1. The lowest BCUT2D eigenvalue weighted by Crippen LogP contribution is -2.27. The molecule has 1 unspecified atom stereocenters. The van der Waals surface area contributed by atoms with E-state index in [4.69, 9.17) is 10.5 Å². The summed E-state index contributed by atoms with van der Waals surface area (Å²) in [4.78, 5) is 28.5. The highest BCUT2D eigenvalue weighted by molar-refractivity contribution is 7.99. The average molecular weight is 523 g/mol. The Bertz CT molecular complexity index is 1540. The van der Waals surface area contributed by atoms with Crippen LogP contribution in [-0.4, -0.2) is 30.7 Å². The van der Waals surface area contributed by atoms with Crippen molar-refractivity contribution in [2.45, 2.75) is 28.2 Å². The molecule has 0 amide bonds. The monoisotopic (exact) mass is 522 g/mol. The minimum Gasteiger partial charge on any atom is -0.481 e. The van der Waals surface area contributed by atoms with E-state index < -0.39 is 18.0 Å². The lowest BCUT2D eigenvalue weighted by molar-refractivity contribution is -0.145. The van der Waals surface area contributed by atoms with Crippen molar-refractivity contribution in [1.29, 1.82) is 0 Å². The second-order valence-corrected chi connectivity index (χ2v) is 10.5. The molecule has 1 aliphatic carbocycles. The van der Waals surface area contributed by atoms with E-state index >= 15 is 0 Å². The van der Waals surface area contributed by atoms with Crippen LogP contribution in [0.4, 0.5) is 11.4 Å². The molecule has 38 heavy (non-hydrogen) atoms. The number of nitrogens with two attached hydrogens (primary N) is 1. The largest absolute Gasteiger partial charge is 0.481 e. The highest BCUT2D eigenvalue weighted by atomic mass is 32.2. The van der Waals surface area contributed by atoms with Crippen LogP contribution in [0.3, 0.4) is 0 Å². The quantitative estimate of drug-likeness (QED) is 0.305. The molecule has 1 aliphatic heterocycles. The molecular weight excluding hydrogens is 496 g/mol. The maximum Gasteiger partial charge on any atom is 0.327 e. The molecule has 4 aromatic rings. The summed E-state index contributed by atoms with van der Waals surface area (Å²) in [5.41, 5.74) is 14.4. The molecule has 0 saturated carbocycles. The molecule has 4 aromatic carbocycles. The van der Waals surface area contributed by atoms with Crippen LogP contribution >= 0.6 is 11.8 Å². The number of hydrogen-bond donors (Lipinski definition) is 2. The van der Waals surface area contributed by atoms with E-state index in [9.17, 15) is 14.7 Å². The number of fused-ring (bicyclic) bond motifs is 5. The normalized spacial score (nSPS) is 14.2. The van der Waals surface area contributed by atoms with Gasteiger partial charge in [0, 0.05) is 22.8 Å². The van der Waals surface area contributed by atoms with E-state index in [-0.39, 0.29) is 18.9 Å². The molecule has 0 fully saturated rings. The highest BCUT2D eigenvalue weighted by Gasteiger charge is 2.32. The van der Waals surface area contributed by atoms with Gasteiger partial charge >= 0.3 is 11.9 Å². The number of hydrogen-bond acceptors (Lipinski definition) is 6. The lowest BCUT2D eigenvalue weighted by Gasteiger charge is -2.32. The molecule has 1 atom stereocenters. The molecule has 3 N–H and O–H groups in total. The number of rotatable bonds is 6. The fourth-order valence-electron chi connectivity index (χ4n) is 5.47. The molecule has 6 nitrogen and oxygen atoms in total. The molecule has 1 heterocycles. The maximum absolute atomic E-state index is 13.3. The Labute approximate surface area is 225 Å². The number of anilines is 2. The van der Waals surface area contributed by atoms with Gasteiger partial charge in [0.25, 0.3) is 0 Å². The highest BCUT2D eigenvalue weighted by Crippen LogP contribution is 2.51. The summed E-state index contributed by atoms with van der Waals surface area (Å²) >= 11 is 1.46. The van der Waals surface area contributed by atoms with Crippen LogP contribution in [-0.2, 0) is 20.7 Å². The van der Waals surface area contributed by atoms with E-state index in [0.29, 0.717) is 5.56 Å². The van der Waals surface area contributed by atoms with Gasteiger partial charge in [-0.25, -0.2) is 4.79 Å². The molecule has 190 valence electrons. The zero-order valence-corrected chi connectivity index (χ0v) is 21.6. The first-order valence-electron chi connectivity index (χ1n) is 12.4. The van der Waals surface area contributed by atoms with Gasteiger partial charge in [-0.05, 0) is 45.5 Å². The van der Waals surface area contributed by atoms with E-state index in [0.717, 1.165) is 37.9 Å². The van der Waals surface area contributed by atoms with Crippen LogP contribution in [0.5, 0.6) is 0 Å². The third kappa shape index (κ3) is 4.04. The van der Waals surface area contributed by atoms with Gasteiger partial charge in [-0.1, -0.05) is 84.6 Å². The number of carboxylic acids is 1. The number of esters is 1. The molecule has 6 rings (SSSR count). The number of ether oxygens (including phenoxy) is 1. The summed E-state index contributed by atoms with van der Waals surface area (Å²) in [6, 6.07) is 26.8. The topological polar surface area (TPSA) is 92.9 Å². The first-order valence-corrected chi connectivity index (χ1v) is 13.2. The standard InChI is InChI=1S/C31H26N2O4S/c1-33-25-14-6-8-18(16-27(34)35)29(25)38-30-23(13-7-15-26(30)33)28(32)31(36)37-17-24-21-11-4-2-9-19(21)20-10-3-5-12-22(20)24/h2-15,24,28H,16-17,32H2,1H3,(H,34,35). The Morgan fingerprint density at radius 1 is 0.895 bits per heavy atom. The summed E-state index contributed by atoms with van der Waals surface area (Å²) in [6.45, 7) is 0.203. The van der Waals surface area contributed by atoms with Crippen molar-refractivity contribution in [3.8, 4) is 11.1 Å². The summed E-state index contributed by atoms with van der Waals surface area (Å²) in [5, 5.41) is 9.41. The molecule has 7 heteroatoms. The molecule has 0 spiro atoms. The summed E-state index contributed by atoms with van der Waals surface area (Å²) in [7, 11) is 1.94. The van der Waals surface area contributed by atoms with Crippen LogP contribution in [0.2, 0.25) is 0 Å². The van der Waals surface area contributed by atoms with Gasteiger partial charge in [-0.2, -0.15) is 0 Å². The Balaban J connectivity index is 1.27. The van der Waals surface area contributed by atoms with E-state index in [1.165, 1.54) is 22.9 Å². The predicted octanol–water partition coefficient (Wildman–Crippen LogP) is 5.90. The summed E-state index contributed by atoms with van der Waals surface area (Å²) < 4.78 is 5.86. The Hall–Kier alpha value is -4.07. The van der Waals surface area contributed by atoms with Crippen LogP contribution < -0.4 is 10.6 Å². The summed E-state index contributed by atoms with van der Waals surface area (Å²) in [5.74, 6) is -1.43. The number of nitrogens with zero attached hydrogens (tertiary/aromatic N) is 1. The number of carbonyl (C=O) groups is 2.